The summed E-state index contributed by atoms with van der Waals surface area (Å²) < 4.78 is 0. The van der Waals surface area contributed by atoms with Crippen LogP contribution in [0.5, 0.6) is 0 Å². The molecule has 2 aliphatic heterocycles. The van der Waals surface area contributed by atoms with E-state index in [0.717, 1.165) is 43.7 Å². The number of hydrogen-bond acceptors (Lipinski definition) is 6. The summed E-state index contributed by atoms with van der Waals surface area (Å²) in [5.41, 5.74) is 1.29. The molecule has 1 unspecified atom stereocenters. The molecule has 36 heavy (non-hydrogen) atoms. The molecule has 3 heterocycles. The highest BCUT2D eigenvalue weighted by Gasteiger charge is 2.44. The van der Waals surface area contributed by atoms with E-state index < -0.39 is 17.6 Å². The summed E-state index contributed by atoms with van der Waals surface area (Å²) in [5.74, 6) is 0.256. The lowest BCUT2D eigenvalue weighted by molar-refractivity contribution is -0.128. The number of carbonyl (C=O) groups excluding carboxylic acids is 3. The largest absolute Gasteiger partial charge is 0.387 e. The van der Waals surface area contributed by atoms with Gasteiger partial charge in [0, 0.05) is 37.4 Å². The van der Waals surface area contributed by atoms with E-state index in [2.05, 4.69) is 33.1 Å². The Morgan fingerprint density at radius 1 is 1.14 bits per heavy atom. The van der Waals surface area contributed by atoms with Gasteiger partial charge in [0.25, 0.3) is 5.91 Å². The molecule has 0 spiro atoms. The van der Waals surface area contributed by atoms with Crippen molar-refractivity contribution in [2.45, 2.75) is 57.1 Å². The Hall–Kier alpha value is -3.46. The molecule has 1 atom stereocenters. The number of urea groups is 1. The van der Waals surface area contributed by atoms with Gasteiger partial charge in [-0.3, -0.25) is 9.59 Å². The van der Waals surface area contributed by atoms with Crippen LogP contribution in [0.2, 0.25) is 0 Å². The zero-order chi connectivity index (χ0) is 25.5. The fourth-order valence-electron chi connectivity index (χ4n) is 4.89. The molecule has 1 saturated heterocycles. The van der Waals surface area contributed by atoms with Crippen LogP contribution in [-0.2, 0) is 17.6 Å². The van der Waals surface area contributed by atoms with Gasteiger partial charge in [-0.15, -0.1) is 0 Å². The number of nitrogens with zero attached hydrogens (tertiary/aromatic N) is 2. The summed E-state index contributed by atoms with van der Waals surface area (Å²) in [6.45, 7) is 3.43. The van der Waals surface area contributed by atoms with E-state index in [0.29, 0.717) is 25.2 Å². The fraction of sp³-hybridized carbons (Fsp3) is 0.481. The molecular formula is C27H35N5O4. The molecule has 0 bridgehead atoms. The van der Waals surface area contributed by atoms with Crippen LogP contribution < -0.4 is 16.0 Å². The van der Waals surface area contributed by atoms with Gasteiger partial charge in [0.1, 0.15) is 11.9 Å². The zero-order valence-corrected chi connectivity index (χ0v) is 20.8. The van der Waals surface area contributed by atoms with Crippen molar-refractivity contribution >= 4 is 23.5 Å². The second-order valence-electron chi connectivity index (χ2n) is 9.65. The van der Waals surface area contributed by atoms with Crippen molar-refractivity contribution in [2.24, 2.45) is 0 Å². The van der Waals surface area contributed by atoms with Gasteiger partial charge in [-0.1, -0.05) is 24.3 Å². The molecule has 1 aromatic heterocycles. The molecular weight excluding hydrogens is 458 g/mol. The van der Waals surface area contributed by atoms with Crippen LogP contribution in [-0.4, -0.2) is 70.5 Å². The lowest BCUT2D eigenvalue weighted by atomic mass is 9.82. The van der Waals surface area contributed by atoms with Crippen molar-refractivity contribution in [2.75, 3.05) is 31.5 Å². The summed E-state index contributed by atoms with van der Waals surface area (Å²) >= 11 is 0. The van der Waals surface area contributed by atoms with Crippen LogP contribution in [0.15, 0.2) is 42.5 Å². The Balaban J connectivity index is 1.23. The highest BCUT2D eigenvalue weighted by Crippen LogP contribution is 2.27. The first-order valence-corrected chi connectivity index (χ1v) is 12.7. The maximum Gasteiger partial charge on any atom is 0.317 e. The number of hydrogen-bond donors (Lipinski definition) is 4. The lowest BCUT2D eigenvalue weighted by Crippen LogP contribution is -2.61. The Morgan fingerprint density at radius 3 is 2.61 bits per heavy atom. The summed E-state index contributed by atoms with van der Waals surface area (Å²) in [6.07, 6.45) is 4.13. The van der Waals surface area contributed by atoms with Crippen molar-refractivity contribution in [1.82, 2.24) is 20.5 Å². The molecule has 9 heteroatoms. The summed E-state index contributed by atoms with van der Waals surface area (Å²) in [7, 11) is 0. The van der Waals surface area contributed by atoms with E-state index in [-0.39, 0.29) is 24.7 Å². The number of amides is 3. The molecule has 192 valence electrons. The summed E-state index contributed by atoms with van der Waals surface area (Å²) in [5, 5.41) is 20.2. The van der Waals surface area contributed by atoms with Crippen LogP contribution in [0, 0.1) is 0 Å². The van der Waals surface area contributed by atoms with Crippen LogP contribution in [0.25, 0.3) is 0 Å². The minimum absolute atomic E-state index is 0.190. The zero-order valence-electron chi connectivity index (χ0n) is 20.8. The quantitative estimate of drug-likeness (QED) is 0.419. The Kier molecular flexibility index (Phi) is 8.20. The number of ketones is 1. The topological polar surface area (TPSA) is 124 Å². The number of anilines is 1. The van der Waals surface area contributed by atoms with Gasteiger partial charge in [0.05, 0.1) is 5.60 Å². The number of aromatic nitrogens is 1. The Labute approximate surface area is 211 Å². The van der Waals surface area contributed by atoms with Crippen molar-refractivity contribution < 1.29 is 19.5 Å². The number of rotatable bonds is 8. The maximum absolute atomic E-state index is 12.6. The number of Topliss-reactive ketones (excluding diaryl/α,β-unsaturated/α-hetero) is 1. The van der Waals surface area contributed by atoms with E-state index in [1.54, 1.807) is 35.2 Å². The average Bonchev–Trinajstić information content (AvgIpc) is 2.90. The SMILES string of the molecule is CC(=O)C(NC(=O)c1ccccc1)C1(O)CCN(C(=O)NCCCc2ccc3c(n2)NCCC3)CC1. The second-order valence-corrected chi connectivity index (χ2v) is 9.65. The van der Waals surface area contributed by atoms with Gasteiger partial charge in [-0.05, 0) is 69.2 Å². The monoisotopic (exact) mass is 493 g/mol. The summed E-state index contributed by atoms with van der Waals surface area (Å²) in [4.78, 5) is 43.9. The molecule has 4 rings (SSSR count). The van der Waals surface area contributed by atoms with Crippen LogP contribution in [0.4, 0.5) is 10.6 Å². The first kappa shape index (κ1) is 25.6. The molecule has 1 fully saturated rings. The van der Waals surface area contributed by atoms with Gasteiger partial charge in [-0.25, -0.2) is 9.78 Å². The summed E-state index contributed by atoms with van der Waals surface area (Å²) in [6, 6.07) is 11.6. The van der Waals surface area contributed by atoms with Crippen molar-refractivity contribution in [3.63, 3.8) is 0 Å². The van der Waals surface area contributed by atoms with E-state index in [4.69, 9.17) is 0 Å². The fourth-order valence-corrected chi connectivity index (χ4v) is 4.89. The third-order valence-electron chi connectivity index (χ3n) is 7.01. The highest BCUT2D eigenvalue weighted by atomic mass is 16.3. The Morgan fingerprint density at radius 2 is 1.89 bits per heavy atom. The number of nitrogens with one attached hydrogen (secondary N) is 3. The van der Waals surface area contributed by atoms with Gasteiger partial charge in [0.15, 0.2) is 5.78 Å². The number of fused-ring (bicyclic) bond motifs is 1. The first-order chi connectivity index (χ1) is 17.4. The van der Waals surface area contributed by atoms with Crippen molar-refractivity contribution in [3.8, 4) is 0 Å². The molecule has 3 amide bonds. The smallest absolute Gasteiger partial charge is 0.317 e. The standard InChI is InChI=1S/C27H35N5O4/c1-19(33)23(31-25(34)21-7-3-2-4-8-21)27(36)13-17-32(18-14-27)26(35)29-16-6-10-22-12-11-20-9-5-15-28-24(20)30-22/h2-4,7-8,11-12,23,36H,5-6,9-10,13-18H2,1H3,(H,28,30)(H,29,35)(H,31,34). The van der Waals surface area contributed by atoms with E-state index in [9.17, 15) is 19.5 Å². The minimum atomic E-state index is -1.40. The molecule has 2 aliphatic rings. The molecule has 0 saturated carbocycles. The second kappa shape index (κ2) is 11.5. The maximum atomic E-state index is 12.6. The molecule has 1 aromatic carbocycles. The normalized spacial score (nSPS) is 17.3. The predicted molar refractivity (Wildman–Crippen MR) is 137 cm³/mol. The lowest BCUT2D eigenvalue weighted by Gasteiger charge is -2.42. The van der Waals surface area contributed by atoms with Gasteiger partial charge >= 0.3 is 6.03 Å². The molecule has 9 nitrogen and oxygen atoms in total. The van der Waals surface area contributed by atoms with E-state index in [1.807, 2.05) is 0 Å². The van der Waals surface area contributed by atoms with E-state index >= 15 is 0 Å². The number of benzene rings is 1. The van der Waals surface area contributed by atoms with Crippen molar-refractivity contribution in [3.05, 3.63) is 59.3 Å². The number of pyridine rings is 1. The van der Waals surface area contributed by atoms with Crippen LogP contribution in [0.3, 0.4) is 0 Å². The number of aryl methyl sites for hydroxylation is 2. The highest BCUT2D eigenvalue weighted by molar-refractivity contribution is 5.98. The number of carbonyl (C=O) groups is 3. The minimum Gasteiger partial charge on any atom is -0.387 e. The predicted octanol–water partition coefficient (Wildman–Crippen LogP) is 2.30. The first-order valence-electron chi connectivity index (χ1n) is 12.7. The number of aliphatic hydroxyl groups is 1. The molecule has 2 aromatic rings. The Bertz CT molecular complexity index is 1080. The molecule has 0 aliphatic carbocycles. The van der Waals surface area contributed by atoms with Gasteiger partial charge < -0.3 is 26.0 Å². The van der Waals surface area contributed by atoms with Gasteiger partial charge in [-0.2, -0.15) is 0 Å². The van der Waals surface area contributed by atoms with Crippen molar-refractivity contribution in [1.29, 1.82) is 0 Å². The van der Waals surface area contributed by atoms with Crippen LogP contribution in [0.1, 0.15) is 54.2 Å². The molecule has 4 N–H and O–H groups in total. The third-order valence-corrected chi connectivity index (χ3v) is 7.01. The average molecular weight is 494 g/mol. The number of piperidine rings is 1. The molecule has 0 radical (unpaired) electrons. The van der Waals surface area contributed by atoms with Gasteiger partial charge in [0.2, 0.25) is 0 Å². The third kappa shape index (κ3) is 6.20. The van der Waals surface area contributed by atoms with Crippen LogP contribution >= 0.6 is 0 Å². The number of likely N-dealkylation sites (tertiary alicyclic amines) is 1. The van der Waals surface area contributed by atoms with E-state index in [1.165, 1.54) is 12.5 Å².